The number of carbonyl (C=O) groups excluding carboxylic acids is 2. The van der Waals surface area contributed by atoms with Crippen LogP contribution in [0.1, 0.15) is 23.2 Å². The molecule has 0 spiro atoms. The summed E-state index contributed by atoms with van der Waals surface area (Å²) in [4.78, 5) is 32.0. The number of pyridine rings is 1. The molecule has 0 N–H and O–H groups in total. The van der Waals surface area contributed by atoms with Crippen molar-refractivity contribution in [3.63, 3.8) is 0 Å². The number of benzene rings is 1. The number of piperazine rings is 1. The van der Waals surface area contributed by atoms with Crippen LogP contribution in [0.4, 0.5) is 4.79 Å². The van der Waals surface area contributed by atoms with Gasteiger partial charge in [0.05, 0.1) is 6.61 Å². The van der Waals surface area contributed by atoms with Crippen LogP contribution in [0, 0.1) is 0 Å². The van der Waals surface area contributed by atoms with E-state index in [9.17, 15) is 9.59 Å². The van der Waals surface area contributed by atoms with Crippen molar-refractivity contribution in [1.82, 2.24) is 19.9 Å². The number of hydrogen-bond donors (Lipinski definition) is 0. The van der Waals surface area contributed by atoms with Crippen LogP contribution in [-0.2, 0) is 11.3 Å². The van der Waals surface area contributed by atoms with Crippen LogP contribution in [0.25, 0.3) is 10.9 Å². The quantitative estimate of drug-likeness (QED) is 0.638. The molecule has 9 nitrogen and oxygen atoms in total. The van der Waals surface area contributed by atoms with Crippen molar-refractivity contribution < 1.29 is 23.6 Å². The Morgan fingerprint density at radius 2 is 1.87 bits per heavy atom. The molecular formula is C21H22N4O5. The molecule has 0 atom stereocenters. The maximum atomic E-state index is 12.7. The van der Waals surface area contributed by atoms with Crippen LogP contribution in [0.15, 0.2) is 47.1 Å². The average molecular weight is 410 g/mol. The van der Waals surface area contributed by atoms with Crippen LogP contribution in [-0.4, -0.2) is 64.7 Å². The lowest BCUT2D eigenvalue weighted by atomic mass is 10.2. The van der Waals surface area contributed by atoms with Crippen LogP contribution >= 0.6 is 0 Å². The number of ether oxygens (including phenoxy) is 2. The zero-order valence-electron chi connectivity index (χ0n) is 16.6. The number of amides is 2. The van der Waals surface area contributed by atoms with Crippen LogP contribution in [0.5, 0.6) is 5.75 Å². The molecule has 0 unspecified atom stereocenters. The number of nitrogens with zero attached hydrogens (tertiary/aromatic N) is 4. The summed E-state index contributed by atoms with van der Waals surface area (Å²) in [5, 5.41) is 4.86. The Morgan fingerprint density at radius 3 is 2.67 bits per heavy atom. The number of fused-ring (bicyclic) bond motifs is 1. The number of carbonyl (C=O) groups is 2. The minimum absolute atomic E-state index is 0.132. The van der Waals surface area contributed by atoms with E-state index in [1.807, 2.05) is 30.3 Å². The third kappa shape index (κ3) is 4.19. The summed E-state index contributed by atoms with van der Waals surface area (Å²) in [6.45, 7) is 3.90. The molecular weight excluding hydrogens is 388 g/mol. The van der Waals surface area contributed by atoms with Gasteiger partial charge in [-0.15, -0.1) is 0 Å². The molecule has 4 rings (SSSR count). The predicted octanol–water partition coefficient (Wildman–Crippen LogP) is 2.72. The van der Waals surface area contributed by atoms with E-state index in [2.05, 4.69) is 10.1 Å². The van der Waals surface area contributed by atoms with Crippen molar-refractivity contribution in [2.45, 2.75) is 13.5 Å². The minimum atomic E-state index is -0.353. The Balaban J connectivity index is 1.35. The summed E-state index contributed by atoms with van der Waals surface area (Å²) < 4.78 is 16.1. The fraction of sp³-hybridized carbons (Fsp3) is 0.333. The zero-order chi connectivity index (χ0) is 20.9. The lowest BCUT2D eigenvalue weighted by molar-refractivity contribution is 0.0562. The van der Waals surface area contributed by atoms with Crippen LogP contribution in [0.2, 0.25) is 0 Å². The smallest absolute Gasteiger partial charge is 0.409 e. The lowest BCUT2D eigenvalue weighted by Gasteiger charge is -2.33. The maximum absolute atomic E-state index is 12.7. The number of aromatic nitrogens is 2. The summed E-state index contributed by atoms with van der Waals surface area (Å²) in [6.07, 6.45) is 1.36. The predicted molar refractivity (Wildman–Crippen MR) is 107 cm³/mol. The van der Waals surface area contributed by atoms with Crippen LogP contribution < -0.4 is 4.74 Å². The van der Waals surface area contributed by atoms with Crippen molar-refractivity contribution in [1.29, 1.82) is 0 Å². The number of hydrogen-bond acceptors (Lipinski definition) is 7. The Labute approximate surface area is 173 Å². The van der Waals surface area contributed by atoms with E-state index >= 15 is 0 Å². The third-order valence-electron chi connectivity index (χ3n) is 4.84. The van der Waals surface area contributed by atoms with Gasteiger partial charge >= 0.3 is 6.09 Å². The van der Waals surface area contributed by atoms with E-state index in [4.69, 9.17) is 14.0 Å². The highest BCUT2D eigenvalue weighted by Gasteiger charge is 2.27. The Hall–Kier alpha value is -3.62. The summed E-state index contributed by atoms with van der Waals surface area (Å²) in [5.74, 6) is 0.837. The van der Waals surface area contributed by atoms with Gasteiger partial charge in [0.25, 0.3) is 5.91 Å². The molecule has 30 heavy (non-hydrogen) atoms. The molecule has 156 valence electrons. The maximum Gasteiger partial charge on any atom is 0.409 e. The van der Waals surface area contributed by atoms with E-state index < -0.39 is 0 Å². The van der Waals surface area contributed by atoms with Gasteiger partial charge in [0.2, 0.25) is 0 Å². The second-order valence-corrected chi connectivity index (χ2v) is 6.78. The van der Waals surface area contributed by atoms with Gasteiger partial charge in [-0.25, -0.2) is 4.79 Å². The van der Waals surface area contributed by atoms with E-state index in [0.717, 1.165) is 10.9 Å². The van der Waals surface area contributed by atoms with Crippen LogP contribution in [0.3, 0.4) is 0 Å². The average Bonchev–Trinajstić information content (AvgIpc) is 3.26. The molecule has 1 saturated heterocycles. The summed E-state index contributed by atoms with van der Waals surface area (Å²) in [7, 11) is 0. The normalized spacial score (nSPS) is 14.0. The van der Waals surface area contributed by atoms with E-state index in [1.165, 1.54) is 0 Å². The molecule has 0 bridgehead atoms. The molecule has 0 saturated carbocycles. The van der Waals surface area contributed by atoms with Crippen molar-refractivity contribution in [3.8, 4) is 5.75 Å². The molecule has 1 aromatic carbocycles. The van der Waals surface area contributed by atoms with Gasteiger partial charge < -0.3 is 23.8 Å². The van der Waals surface area contributed by atoms with Gasteiger partial charge in [-0.1, -0.05) is 23.4 Å². The molecule has 2 aromatic heterocycles. The van der Waals surface area contributed by atoms with Gasteiger partial charge in [-0.05, 0) is 19.1 Å². The highest BCUT2D eigenvalue weighted by Crippen LogP contribution is 2.24. The van der Waals surface area contributed by atoms with Crippen molar-refractivity contribution >= 4 is 22.9 Å². The topological polar surface area (TPSA) is 98.0 Å². The first-order valence-corrected chi connectivity index (χ1v) is 9.79. The van der Waals surface area contributed by atoms with E-state index in [0.29, 0.717) is 44.3 Å². The van der Waals surface area contributed by atoms with Crippen molar-refractivity contribution in [2.24, 2.45) is 0 Å². The second-order valence-electron chi connectivity index (χ2n) is 6.78. The summed E-state index contributed by atoms with van der Waals surface area (Å²) >= 11 is 0. The van der Waals surface area contributed by atoms with Gasteiger partial charge in [0, 0.05) is 43.8 Å². The lowest BCUT2D eigenvalue weighted by Crippen LogP contribution is -2.50. The van der Waals surface area contributed by atoms with Crippen molar-refractivity contribution in [3.05, 3.63) is 54.0 Å². The molecule has 0 radical (unpaired) electrons. The largest absolute Gasteiger partial charge is 0.483 e. The minimum Gasteiger partial charge on any atom is -0.483 e. The first-order chi connectivity index (χ1) is 14.7. The van der Waals surface area contributed by atoms with E-state index in [-0.39, 0.29) is 24.3 Å². The Kier molecular flexibility index (Phi) is 5.78. The Bertz CT molecular complexity index is 1040. The first kappa shape index (κ1) is 19.7. The monoisotopic (exact) mass is 410 g/mol. The first-order valence-electron chi connectivity index (χ1n) is 9.79. The fourth-order valence-corrected chi connectivity index (χ4v) is 3.29. The van der Waals surface area contributed by atoms with E-state index in [1.54, 1.807) is 29.0 Å². The highest BCUT2D eigenvalue weighted by atomic mass is 16.6. The van der Waals surface area contributed by atoms with Gasteiger partial charge in [0.1, 0.15) is 17.9 Å². The molecule has 3 aromatic rings. The van der Waals surface area contributed by atoms with Gasteiger partial charge in [-0.3, -0.25) is 9.78 Å². The second kappa shape index (κ2) is 8.81. The van der Waals surface area contributed by atoms with Gasteiger partial charge in [0.15, 0.2) is 11.5 Å². The molecule has 0 aliphatic carbocycles. The molecule has 1 fully saturated rings. The molecule has 2 amide bonds. The molecule has 9 heteroatoms. The Morgan fingerprint density at radius 1 is 1.10 bits per heavy atom. The molecule has 1 aliphatic heterocycles. The third-order valence-corrected chi connectivity index (χ3v) is 4.84. The summed E-state index contributed by atoms with van der Waals surface area (Å²) in [5.41, 5.74) is 0.976. The summed E-state index contributed by atoms with van der Waals surface area (Å²) in [6, 6.07) is 11.1. The highest BCUT2D eigenvalue weighted by molar-refractivity contribution is 5.92. The number of para-hydroxylation sites is 1. The molecule has 1 aliphatic rings. The standard InChI is InChI=1S/C21H22N4O5/c1-2-28-21(27)25-11-9-24(10-12-25)20(26)17-13-16(30-23-17)14-29-18-7-3-5-15-6-4-8-22-19(15)18/h3-8,13H,2,9-12,14H2,1H3. The fourth-order valence-electron chi connectivity index (χ4n) is 3.29. The number of rotatable bonds is 5. The molecule has 3 heterocycles. The zero-order valence-corrected chi connectivity index (χ0v) is 16.6. The SMILES string of the molecule is CCOC(=O)N1CCN(C(=O)c2cc(COc3cccc4cccnc34)on2)CC1. The van der Waals surface area contributed by atoms with Gasteiger partial charge in [-0.2, -0.15) is 0 Å². The van der Waals surface area contributed by atoms with Crippen molar-refractivity contribution in [2.75, 3.05) is 32.8 Å².